The van der Waals surface area contributed by atoms with Crippen LogP contribution in [0.3, 0.4) is 0 Å². The predicted molar refractivity (Wildman–Crippen MR) is 129 cm³/mol. The number of likely N-dealkylation sites (tertiary alicyclic amines) is 1. The van der Waals surface area contributed by atoms with Gasteiger partial charge in [-0.15, -0.1) is 0 Å². The summed E-state index contributed by atoms with van der Waals surface area (Å²) < 4.78 is 25.7. The molecule has 3 aromatic carbocycles. The summed E-state index contributed by atoms with van der Waals surface area (Å²) in [5.41, 5.74) is 1.97. The van der Waals surface area contributed by atoms with Crippen molar-refractivity contribution in [3.63, 3.8) is 0 Å². The molecule has 182 valence electrons. The highest BCUT2D eigenvalue weighted by molar-refractivity contribution is 5.94. The molecule has 0 unspecified atom stereocenters. The van der Waals surface area contributed by atoms with E-state index in [-0.39, 0.29) is 5.91 Å². The van der Waals surface area contributed by atoms with Crippen LogP contribution in [-0.2, 0) is 4.79 Å². The first kappa shape index (κ1) is 24.3. The fourth-order valence-corrected chi connectivity index (χ4v) is 4.36. The van der Waals surface area contributed by atoms with Crippen LogP contribution in [0.4, 0.5) is 4.39 Å². The molecule has 0 bridgehead atoms. The number of carboxylic acid groups (broad SMARTS) is 1. The Morgan fingerprint density at radius 3 is 1.80 bits per heavy atom. The van der Waals surface area contributed by atoms with E-state index in [0.717, 1.165) is 11.1 Å². The van der Waals surface area contributed by atoms with Crippen LogP contribution >= 0.6 is 0 Å². The molecule has 0 saturated carbocycles. The van der Waals surface area contributed by atoms with Gasteiger partial charge in [0.05, 0.1) is 5.92 Å². The van der Waals surface area contributed by atoms with Gasteiger partial charge in [-0.05, 0) is 74.2 Å². The average molecular weight is 478 g/mol. The SMILES string of the molecule is Cc1ccccc1OC(Oc1ccccc1C)(C(=O)O)C1CCN(C(=O)c2ccc(F)cc2)CC1. The number of halogens is 1. The first-order valence-corrected chi connectivity index (χ1v) is 11.6. The number of hydrogen-bond donors (Lipinski definition) is 1. The van der Waals surface area contributed by atoms with Gasteiger partial charge in [-0.25, -0.2) is 9.18 Å². The number of carbonyl (C=O) groups excluding carboxylic acids is 1. The molecule has 1 amide bonds. The fraction of sp³-hybridized carbons (Fsp3) is 0.286. The number of para-hydroxylation sites is 2. The Hall–Kier alpha value is -3.87. The zero-order valence-electron chi connectivity index (χ0n) is 19.7. The molecule has 1 fully saturated rings. The van der Waals surface area contributed by atoms with Crippen molar-refractivity contribution in [2.45, 2.75) is 32.5 Å². The lowest BCUT2D eigenvalue weighted by atomic mass is 9.87. The highest BCUT2D eigenvalue weighted by Gasteiger charge is 2.53. The van der Waals surface area contributed by atoms with Crippen LogP contribution in [0.2, 0.25) is 0 Å². The summed E-state index contributed by atoms with van der Waals surface area (Å²) in [6.45, 7) is 4.34. The van der Waals surface area contributed by atoms with Gasteiger partial charge in [0, 0.05) is 18.7 Å². The Bertz CT molecular complexity index is 1150. The Labute approximate surface area is 203 Å². The molecule has 0 radical (unpaired) electrons. The van der Waals surface area contributed by atoms with E-state index < -0.39 is 23.5 Å². The molecule has 1 heterocycles. The number of piperidine rings is 1. The quantitative estimate of drug-likeness (QED) is 0.472. The van der Waals surface area contributed by atoms with Crippen LogP contribution in [0.25, 0.3) is 0 Å². The van der Waals surface area contributed by atoms with Crippen LogP contribution in [0, 0.1) is 25.6 Å². The summed E-state index contributed by atoms with van der Waals surface area (Å²) in [5.74, 6) is -3.52. The number of ether oxygens (including phenoxy) is 2. The molecule has 35 heavy (non-hydrogen) atoms. The second kappa shape index (κ2) is 10.2. The van der Waals surface area contributed by atoms with Gasteiger partial charge in [0.25, 0.3) is 5.91 Å². The third kappa shape index (κ3) is 5.14. The number of aliphatic carboxylic acids is 1. The second-order valence-corrected chi connectivity index (χ2v) is 8.78. The molecule has 0 spiro atoms. The summed E-state index contributed by atoms with van der Waals surface area (Å²) in [4.78, 5) is 27.4. The molecule has 4 rings (SSSR count). The van der Waals surface area contributed by atoms with E-state index in [2.05, 4.69) is 0 Å². The molecule has 1 N–H and O–H groups in total. The van der Waals surface area contributed by atoms with Crippen LogP contribution in [0.5, 0.6) is 11.5 Å². The number of hydrogen-bond acceptors (Lipinski definition) is 4. The first-order chi connectivity index (χ1) is 16.8. The van der Waals surface area contributed by atoms with Crippen molar-refractivity contribution in [2.75, 3.05) is 13.1 Å². The summed E-state index contributed by atoms with van der Waals surface area (Å²) >= 11 is 0. The molecule has 7 heteroatoms. The van der Waals surface area contributed by atoms with Crippen molar-refractivity contribution in [1.82, 2.24) is 4.90 Å². The Kier molecular flexibility index (Phi) is 7.05. The number of rotatable bonds is 7. The van der Waals surface area contributed by atoms with E-state index in [1.54, 1.807) is 29.2 Å². The number of carbonyl (C=O) groups is 2. The van der Waals surface area contributed by atoms with Crippen molar-refractivity contribution in [1.29, 1.82) is 0 Å². The summed E-state index contributed by atoms with van der Waals surface area (Å²) in [7, 11) is 0. The third-order valence-corrected chi connectivity index (χ3v) is 6.42. The van der Waals surface area contributed by atoms with Crippen molar-refractivity contribution < 1.29 is 28.6 Å². The van der Waals surface area contributed by atoms with E-state index in [1.165, 1.54) is 24.3 Å². The van der Waals surface area contributed by atoms with Gasteiger partial charge in [0.1, 0.15) is 17.3 Å². The van der Waals surface area contributed by atoms with Gasteiger partial charge in [-0.3, -0.25) is 4.79 Å². The van der Waals surface area contributed by atoms with E-state index >= 15 is 0 Å². The van der Waals surface area contributed by atoms with E-state index in [1.807, 2.05) is 38.1 Å². The molecule has 1 saturated heterocycles. The molecular weight excluding hydrogens is 449 g/mol. The van der Waals surface area contributed by atoms with Crippen molar-refractivity contribution in [3.8, 4) is 11.5 Å². The van der Waals surface area contributed by atoms with Crippen molar-refractivity contribution in [2.24, 2.45) is 5.92 Å². The molecule has 6 nitrogen and oxygen atoms in total. The Morgan fingerprint density at radius 1 is 0.857 bits per heavy atom. The van der Waals surface area contributed by atoms with Crippen LogP contribution in [0.15, 0.2) is 72.8 Å². The minimum Gasteiger partial charge on any atom is -0.475 e. The summed E-state index contributed by atoms with van der Waals surface area (Å²) in [6, 6.07) is 19.8. The predicted octanol–water partition coefficient (Wildman–Crippen LogP) is 5.23. The zero-order chi connectivity index (χ0) is 25.0. The van der Waals surface area contributed by atoms with Crippen LogP contribution < -0.4 is 9.47 Å². The largest absolute Gasteiger partial charge is 0.475 e. The zero-order valence-corrected chi connectivity index (χ0v) is 19.7. The average Bonchev–Trinajstić information content (AvgIpc) is 2.86. The Balaban J connectivity index is 1.62. The number of aryl methyl sites for hydroxylation is 2. The van der Waals surface area contributed by atoms with Crippen LogP contribution in [-0.4, -0.2) is 40.8 Å². The standard InChI is InChI=1S/C28H28FNO5/c1-19-7-3-5-9-24(19)34-28(27(32)33,35-25-10-6-4-8-20(25)2)22-15-17-30(18-16-22)26(31)21-11-13-23(29)14-12-21/h3-14,22H,15-18H2,1-2H3,(H,32,33). The van der Waals surface area contributed by atoms with Crippen molar-refractivity contribution in [3.05, 3.63) is 95.3 Å². The number of carboxylic acids is 1. The normalized spacial score (nSPS) is 14.4. The first-order valence-electron chi connectivity index (χ1n) is 11.6. The molecular formula is C28H28FNO5. The summed E-state index contributed by atoms with van der Waals surface area (Å²) in [6.07, 6.45) is 0.716. The van der Waals surface area contributed by atoms with Crippen LogP contribution in [0.1, 0.15) is 34.3 Å². The topological polar surface area (TPSA) is 76.1 Å². The van der Waals surface area contributed by atoms with Gasteiger partial charge < -0.3 is 19.5 Å². The smallest absolute Gasteiger partial charge is 0.390 e. The fourth-order valence-electron chi connectivity index (χ4n) is 4.36. The minimum absolute atomic E-state index is 0.219. The van der Waals surface area contributed by atoms with Gasteiger partial charge in [-0.1, -0.05) is 36.4 Å². The van der Waals surface area contributed by atoms with Crippen molar-refractivity contribution >= 4 is 11.9 Å². The lowest BCUT2D eigenvalue weighted by molar-refractivity contribution is -0.204. The summed E-state index contributed by atoms with van der Waals surface area (Å²) in [5, 5.41) is 10.5. The maximum Gasteiger partial charge on any atom is 0.390 e. The highest BCUT2D eigenvalue weighted by atomic mass is 19.1. The number of nitrogens with zero attached hydrogens (tertiary/aromatic N) is 1. The van der Waals surface area contributed by atoms with Gasteiger partial charge in [0.15, 0.2) is 0 Å². The third-order valence-electron chi connectivity index (χ3n) is 6.42. The Morgan fingerprint density at radius 2 is 1.34 bits per heavy atom. The lowest BCUT2D eigenvalue weighted by Crippen LogP contribution is -2.59. The minimum atomic E-state index is -1.98. The molecule has 0 aromatic heterocycles. The lowest BCUT2D eigenvalue weighted by Gasteiger charge is -2.41. The molecule has 3 aromatic rings. The molecule has 1 aliphatic rings. The molecule has 0 aliphatic carbocycles. The second-order valence-electron chi connectivity index (χ2n) is 8.78. The van der Waals surface area contributed by atoms with E-state index in [0.29, 0.717) is 43.0 Å². The van der Waals surface area contributed by atoms with E-state index in [4.69, 9.17) is 9.47 Å². The highest BCUT2D eigenvalue weighted by Crippen LogP contribution is 2.37. The molecule has 1 aliphatic heterocycles. The maximum absolute atomic E-state index is 13.3. The number of benzene rings is 3. The van der Waals surface area contributed by atoms with E-state index in [9.17, 15) is 19.1 Å². The van der Waals surface area contributed by atoms with Gasteiger partial charge in [0.2, 0.25) is 0 Å². The molecule has 0 atom stereocenters. The number of amides is 1. The van der Waals surface area contributed by atoms with Gasteiger partial charge in [-0.2, -0.15) is 0 Å². The monoisotopic (exact) mass is 477 g/mol. The maximum atomic E-state index is 13.3. The van der Waals surface area contributed by atoms with Gasteiger partial charge >= 0.3 is 11.8 Å².